The minimum absolute atomic E-state index is 0. The summed E-state index contributed by atoms with van der Waals surface area (Å²) in [5.74, 6) is 0. The van der Waals surface area contributed by atoms with E-state index in [9.17, 15) is 0 Å². The monoisotopic (exact) mass is 289 g/mol. The van der Waals surface area contributed by atoms with Crippen molar-refractivity contribution in [3.63, 3.8) is 0 Å². The van der Waals surface area contributed by atoms with Gasteiger partial charge in [0.2, 0.25) is 0 Å². The second kappa shape index (κ2) is 6.62. The SMILES string of the molecule is OCC(O)CO.[Au]. The number of aliphatic hydroxyl groups is 3. The van der Waals surface area contributed by atoms with Crippen LogP contribution in [0.5, 0.6) is 0 Å². The first-order chi connectivity index (χ1) is 2.81. The molecular weight excluding hydrogens is 281 g/mol. The maximum absolute atomic E-state index is 8.17. The second-order valence-corrected chi connectivity index (χ2v) is 1.02. The van der Waals surface area contributed by atoms with E-state index in [1.165, 1.54) is 0 Å². The van der Waals surface area contributed by atoms with Crippen molar-refractivity contribution in [1.82, 2.24) is 0 Å². The van der Waals surface area contributed by atoms with E-state index in [0.29, 0.717) is 0 Å². The fraction of sp³-hybridized carbons (Fsp3) is 1.00. The molecule has 7 heavy (non-hydrogen) atoms. The van der Waals surface area contributed by atoms with Crippen LogP contribution in [0.25, 0.3) is 0 Å². The first-order valence-electron chi connectivity index (χ1n) is 1.71. The Morgan fingerprint density at radius 1 is 1.14 bits per heavy atom. The second-order valence-electron chi connectivity index (χ2n) is 1.02. The van der Waals surface area contributed by atoms with Gasteiger partial charge in [0.15, 0.2) is 0 Å². The summed E-state index contributed by atoms with van der Waals surface area (Å²) in [5.41, 5.74) is 0. The Hall–Kier alpha value is 0.620. The molecule has 0 rings (SSSR count). The van der Waals surface area contributed by atoms with Crippen molar-refractivity contribution in [1.29, 1.82) is 0 Å². The Bertz CT molecular complexity index is 29.4. The molecule has 1 radical (unpaired) electrons. The third-order valence-electron chi connectivity index (χ3n) is 0.421. The first-order valence-corrected chi connectivity index (χ1v) is 1.71. The molecule has 0 amide bonds. The van der Waals surface area contributed by atoms with Crippen LogP contribution in [0.1, 0.15) is 0 Å². The number of hydrogen-bond acceptors (Lipinski definition) is 3. The predicted molar refractivity (Wildman–Crippen MR) is 20.2 cm³/mol. The maximum Gasteiger partial charge on any atom is 0.100 e. The quantitative estimate of drug-likeness (QED) is 0.533. The number of aliphatic hydroxyl groups excluding tert-OH is 3. The molecule has 0 aliphatic heterocycles. The van der Waals surface area contributed by atoms with Crippen LogP contribution >= 0.6 is 0 Å². The number of hydrogen-bond donors (Lipinski definition) is 3. The molecule has 0 bridgehead atoms. The molecule has 0 aromatic heterocycles. The molecular formula is C3H8AuO3. The van der Waals surface area contributed by atoms with Gasteiger partial charge >= 0.3 is 0 Å². The Morgan fingerprint density at radius 3 is 1.43 bits per heavy atom. The summed E-state index contributed by atoms with van der Waals surface area (Å²) in [4.78, 5) is 0. The van der Waals surface area contributed by atoms with Crippen LogP contribution in [-0.4, -0.2) is 34.6 Å². The average molecular weight is 289 g/mol. The summed E-state index contributed by atoms with van der Waals surface area (Å²) in [6.45, 7) is -0.729. The Balaban J connectivity index is 0. The van der Waals surface area contributed by atoms with Crippen LogP contribution < -0.4 is 0 Å². The van der Waals surface area contributed by atoms with Gasteiger partial charge in [-0.25, -0.2) is 0 Å². The topological polar surface area (TPSA) is 60.7 Å². The van der Waals surface area contributed by atoms with Gasteiger partial charge in [0.25, 0.3) is 0 Å². The summed E-state index contributed by atoms with van der Waals surface area (Å²) < 4.78 is 0. The molecule has 0 fully saturated rings. The molecule has 3 N–H and O–H groups in total. The predicted octanol–water partition coefficient (Wildman–Crippen LogP) is -1.67. The molecule has 0 aliphatic rings. The summed E-state index contributed by atoms with van der Waals surface area (Å²) in [5, 5.41) is 24.0. The van der Waals surface area contributed by atoms with Crippen LogP contribution in [0.2, 0.25) is 0 Å². The Kier molecular flexibility index (Phi) is 10.00. The van der Waals surface area contributed by atoms with E-state index in [1.807, 2.05) is 0 Å². The van der Waals surface area contributed by atoms with Gasteiger partial charge in [-0.1, -0.05) is 0 Å². The normalized spacial score (nSPS) is 8.57. The summed E-state index contributed by atoms with van der Waals surface area (Å²) >= 11 is 0. The van der Waals surface area contributed by atoms with E-state index in [1.54, 1.807) is 0 Å². The van der Waals surface area contributed by atoms with Crippen molar-refractivity contribution in [2.45, 2.75) is 6.10 Å². The molecule has 3 nitrogen and oxygen atoms in total. The molecule has 0 aromatic carbocycles. The molecule has 0 atom stereocenters. The standard InChI is InChI=1S/C3H8O3.Au/c4-1-3(6)2-5;/h3-6H,1-2H2;. The van der Waals surface area contributed by atoms with Gasteiger partial charge in [-0.3, -0.25) is 0 Å². The van der Waals surface area contributed by atoms with Gasteiger partial charge in [0, 0.05) is 22.4 Å². The molecule has 0 spiro atoms. The maximum atomic E-state index is 8.17. The third kappa shape index (κ3) is 6.62. The molecule has 0 aromatic rings. The Morgan fingerprint density at radius 2 is 1.43 bits per heavy atom. The van der Waals surface area contributed by atoms with Crippen molar-refractivity contribution >= 4 is 0 Å². The van der Waals surface area contributed by atoms with E-state index < -0.39 is 6.10 Å². The average Bonchev–Trinajstić information content (AvgIpc) is 1.65. The van der Waals surface area contributed by atoms with E-state index >= 15 is 0 Å². The summed E-state index contributed by atoms with van der Waals surface area (Å²) in [7, 11) is 0. The smallest absolute Gasteiger partial charge is 0.100 e. The molecule has 49 valence electrons. The summed E-state index contributed by atoms with van der Waals surface area (Å²) in [6.07, 6.45) is -0.954. The van der Waals surface area contributed by atoms with Crippen molar-refractivity contribution in [2.24, 2.45) is 0 Å². The van der Waals surface area contributed by atoms with Gasteiger partial charge in [-0.15, -0.1) is 0 Å². The van der Waals surface area contributed by atoms with Gasteiger partial charge in [-0.05, 0) is 0 Å². The summed E-state index contributed by atoms with van der Waals surface area (Å²) in [6, 6.07) is 0. The van der Waals surface area contributed by atoms with Gasteiger partial charge in [-0.2, -0.15) is 0 Å². The van der Waals surface area contributed by atoms with Crippen molar-refractivity contribution in [3.8, 4) is 0 Å². The van der Waals surface area contributed by atoms with Gasteiger partial charge in [0.05, 0.1) is 13.2 Å². The van der Waals surface area contributed by atoms with Gasteiger partial charge < -0.3 is 15.3 Å². The minimum Gasteiger partial charge on any atom is -0.394 e. The van der Waals surface area contributed by atoms with E-state index in [4.69, 9.17) is 15.3 Å². The van der Waals surface area contributed by atoms with E-state index in [2.05, 4.69) is 0 Å². The fourth-order valence-corrected chi connectivity index (χ4v) is 0.0577. The van der Waals surface area contributed by atoms with Crippen LogP contribution in [0.3, 0.4) is 0 Å². The molecule has 0 saturated carbocycles. The largest absolute Gasteiger partial charge is 0.394 e. The van der Waals surface area contributed by atoms with E-state index in [0.717, 1.165) is 0 Å². The fourth-order valence-electron chi connectivity index (χ4n) is 0.0577. The molecule has 0 saturated heterocycles. The zero-order valence-corrected chi connectivity index (χ0v) is 5.80. The zero-order chi connectivity index (χ0) is 4.99. The first kappa shape index (κ1) is 10.6. The molecule has 4 heteroatoms. The Labute approximate surface area is 57.5 Å². The zero-order valence-electron chi connectivity index (χ0n) is 3.63. The molecule has 0 aliphatic carbocycles. The van der Waals surface area contributed by atoms with Crippen molar-refractivity contribution in [3.05, 3.63) is 0 Å². The molecule has 0 unspecified atom stereocenters. The number of rotatable bonds is 2. The third-order valence-corrected chi connectivity index (χ3v) is 0.421. The molecule has 0 heterocycles. The van der Waals surface area contributed by atoms with Crippen LogP contribution in [0.15, 0.2) is 0 Å². The minimum atomic E-state index is -0.954. The van der Waals surface area contributed by atoms with Crippen LogP contribution in [0, 0.1) is 0 Å². The van der Waals surface area contributed by atoms with Crippen molar-refractivity contribution in [2.75, 3.05) is 13.2 Å². The van der Waals surface area contributed by atoms with E-state index in [-0.39, 0.29) is 35.6 Å². The van der Waals surface area contributed by atoms with Crippen LogP contribution in [0.4, 0.5) is 0 Å². The van der Waals surface area contributed by atoms with Crippen molar-refractivity contribution < 1.29 is 37.7 Å². The van der Waals surface area contributed by atoms with Crippen LogP contribution in [-0.2, 0) is 22.4 Å². The van der Waals surface area contributed by atoms with Gasteiger partial charge in [0.1, 0.15) is 6.10 Å².